The molecular formula is C29H37NO. The molecule has 4 aromatic rings. The quantitative estimate of drug-likeness (QED) is 0.334. The van der Waals surface area contributed by atoms with E-state index in [1.807, 2.05) is 0 Å². The maximum atomic E-state index is 6.68. The molecule has 3 aromatic carbocycles. The highest BCUT2D eigenvalue weighted by Crippen LogP contribution is 2.47. The summed E-state index contributed by atoms with van der Waals surface area (Å²) < 4.78 is 6.68. The third-order valence-electron chi connectivity index (χ3n) is 8.19. The van der Waals surface area contributed by atoms with Crippen LogP contribution in [0.15, 0.2) is 4.42 Å². The lowest BCUT2D eigenvalue weighted by Gasteiger charge is -2.29. The van der Waals surface area contributed by atoms with Crippen LogP contribution in [0.2, 0.25) is 0 Å². The number of hydrogen-bond donors (Lipinski definition) is 0. The fraction of sp³-hybridized carbons (Fsp3) is 0.448. The summed E-state index contributed by atoms with van der Waals surface area (Å²) in [6.07, 6.45) is 0. The van der Waals surface area contributed by atoms with Crippen molar-refractivity contribution in [3.05, 3.63) is 50.1 Å². The van der Waals surface area contributed by atoms with Gasteiger partial charge in [0.25, 0.3) is 0 Å². The van der Waals surface area contributed by atoms with E-state index in [2.05, 4.69) is 81.1 Å². The van der Waals surface area contributed by atoms with E-state index in [0.29, 0.717) is 0 Å². The first-order chi connectivity index (χ1) is 14.6. The molecule has 31 heavy (non-hydrogen) atoms. The minimum absolute atomic E-state index is 1.01. The van der Waals surface area contributed by atoms with Gasteiger partial charge in [-0.3, -0.25) is 0 Å². The first kappa shape index (κ1) is 21.7. The molecule has 1 heterocycles. The van der Waals surface area contributed by atoms with E-state index in [4.69, 9.17) is 4.42 Å². The van der Waals surface area contributed by atoms with Crippen LogP contribution in [0.3, 0.4) is 0 Å². The van der Waals surface area contributed by atoms with Gasteiger partial charge in [0.05, 0.1) is 0 Å². The van der Waals surface area contributed by atoms with Gasteiger partial charge in [0.1, 0.15) is 11.2 Å². The number of hydrogen-bond acceptors (Lipinski definition) is 2. The minimum atomic E-state index is 1.01. The monoisotopic (exact) mass is 415 g/mol. The zero-order valence-electron chi connectivity index (χ0n) is 21.3. The molecule has 2 nitrogen and oxygen atoms in total. The number of anilines is 1. The molecule has 4 rings (SSSR count). The molecule has 0 radical (unpaired) electrons. The molecule has 164 valence electrons. The van der Waals surface area contributed by atoms with Crippen LogP contribution in [0.5, 0.6) is 0 Å². The van der Waals surface area contributed by atoms with Gasteiger partial charge in [-0.05, 0) is 137 Å². The average Bonchev–Trinajstić information content (AvgIpc) is 3.15. The maximum Gasteiger partial charge on any atom is 0.139 e. The van der Waals surface area contributed by atoms with Crippen LogP contribution in [0.1, 0.15) is 63.9 Å². The third kappa shape index (κ3) is 2.70. The van der Waals surface area contributed by atoms with Crippen molar-refractivity contribution in [3.63, 3.8) is 0 Å². The second-order valence-electron chi connectivity index (χ2n) is 9.41. The molecule has 0 saturated heterocycles. The highest BCUT2D eigenvalue weighted by Gasteiger charge is 2.25. The van der Waals surface area contributed by atoms with E-state index in [-0.39, 0.29) is 0 Å². The van der Waals surface area contributed by atoms with Gasteiger partial charge in [-0.25, -0.2) is 0 Å². The van der Waals surface area contributed by atoms with Gasteiger partial charge in [0.15, 0.2) is 0 Å². The number of furan rings is 1. The molecule has 0 saturated carbocycles. The first-order valence-corrected chi connectivity index (χ1v) is 11.7. The molecule has 0 bridgehead atoms. The van der Waals surface area contributed by atoms with Crippen LogP contribution >= 0.6 is 0 Å². The molecular weight excluding hydrogens is 378 g/mol. The number of benzene rings is 3. The zero-order valence-corrected chi connectivity index (χ0v) is 21.3. The van der Waals surface area contributed by atoms with Gasteiger partial charge >= 0.3 is 0 Å². The van der Waals surface area contributed by atoms with Gasteiger partial charge in [-0.15, -0.1) is 0 Å². The Labute approximate surface area is 187 Å². The first-order valence-electron chi connectivity index (χ1n) is 11.7. The lowest BCUT2D eigenvalue weighted by Crippen LogP contribution is -2.24. The molecule has 0 spiro atoms. The largest absolute Gasteiger partial charge is 0.455 e. The van der Waals surface area contributed by atoms with Crippen molar-refractivity contribution in [2.24, 2.45) is 0 Å². The Balaban J connectivity index is 2.42. The van der Waals surface area contributed by atoms with Gasteiger partial charge in [0.2, 0.25) is 0 Å². The molecule has 0 amide bonds. The summed E-state index contributed by atoms with van der Waals surface area (Å²) >= 11 is 0. The van der Waals surface area contributed by atoms with Crippen LogP contribution < -0.4 is 4.90 Å². The minimum Gasteiger partial charge on any atom is -0.455 e. The number of aryl methyl sites for hydroxylation is 6. The van der Waals surface area contributed by atoms with Gasteiger partial charge < -0.3 is 9.32 Å². The van der Waals surface area contributed by atoms with Crippen LogP contribution in [0, 0.1) is 62.3 Å². The van der Waals surface area contributed by atoms with Crippen molar-refractivity contribution < 1.29 is 4.42 Å². The Hall–Kier alpha value is -2.48. The molecule has 0 atom stereocenters. The van der Waals surface area contributed by atoms with E-state index < -0.39 is 0 Å². The maximum absolute atomic E-state index is 6.68. The molecule has 0 unspecified atom stereocenters. The smallest absolute Gasteiger partial charge is 0.139 e. The summed E-state index contributed by atoms with van der Waals surface area (Å²) in [5.74, 6) is 0. The molecule has 0 aliphatic rings. The van der Waals surface area contributed by atoms with E-state index >= 15 is 0 Å². The van der Waals surface area contributed by atoms with Crippen molar-refractivity contribution in [2.75, 3.05) is 18.0 Å². The highest BCUT2D eigenvalue weighted by molar-refractivity contribution is 6.24. The zero-order chi connectivity index (χ0) is 22.9. The van der Waals surface area contributed by atoms with Crippen molar-refractivity contribution in [2.45, 2.75) is 76.2 Å². The van der Waals surface area contributed by atoms with Gasteiger partial charge in [-0.1, -0.05) is 0 Å². The van der Waals surface area contributed by atoms with Crippen LogP contribution in [-0.4, -0.2) is 13.1 Å². The van der Waals surface area contributed by atoms with E-state index in [1.165, 1.54) is 77.3 Å². The third-order valence-corrected chi connectivity index (χ3v) is 8.19. The normalized spacial score (nSPS) is 12.0. The van der Waals surface area contributed by atoms with E-state index in [1.54, 1.807) is 0 Å². The van der Waals surface area contributed by atoms with E-state index in [9.17, 15) is 0 Å². The van der Waals surface area contributed by atoms with Crippen LogP contribution in [-0.2, 0) is 0 Å². The lowest BCUT2D eigenvalue weighted by atomic mass is 9.85. The predicted molar refractivity (Wildman–Crippen MR) is 137 cm³/mol. The SMILES string of the molecule is CCN(CC)c1c(C)c(C)c2c(C)c(C)c3oc4c(C)c(C)c(C)c(C)c4c3c2c1C. The Bertz CT molecular complexity index is 1380. The molecule has 0 N–H and O–H groups in total. The number of rotatable bonds is 3. The standard InChI is InChI=1S/C29H37NO/c1-12-30(13-2)27-19(8)17(6)23-18(7)21(10)29-26(24(23)22(27)11)25-16(5)14(3)15(4)20(9)28(25)31-29/h12-13H2,1-11H3. The topological polar surface area (TPSA) is 16.4 Å². The fourth-order valence-corrected chi connectivity index (χ4v) is 5.77. The summed E-state index contributed by atoms with van der Waals surface area (Å²) in [5, 5.41) is 5.41. The van der Waals surface area contributed by atoms with Crippen molar-refractivity contribution in [1.82, 2.24) is 0 Å². The Kier molecular flexibility index (Phi) is 5.11. The summed E-state index contributed by atoms with van der Waals surface area (Å²) in [6.45, 7) is 26.9. The van der Waals surface area contributed by atoms with Crippen LogP contribution in [0.4, 0.5) is 5.69 Å². The van der Waals surface area contributed by atoms with Crippen LogP contribution in [0.25, 0.3) is 32.7 Å². The average molecular weight is 416 g/mol. The molecule has 0 fully saturated rings. The Morgan fingerprint density at radius 1 is 0.452 bits per heavy atom. The lowest BCUT2D eigenvalue weighted by molar-refractivity contribution is 0.661. The summed E-state index contributed by atoms with van der Waals surface area (Å²) in [6, 6.07) is 0. The molecule has 2 heteroatoms. The van der Waals surface area contributed by atoms with Crippen molar-refractivity contribution in [3.8, 4) is 0 Å². The molecule has 1 aromatic heterocycles. The Morgan fingerprint density at radius 3 is 1.48 bits per heavy atom. The summed E-state index contributed by atoms with van der Waals surface area (Å²) in [4.78, 5) is 2.51. The molecule has 0 aliphatic carbocycles. The second-order valence-corrected chi connectivity index (χ2v) is 9.41. The predicted octanol–water partition coefficient (Wildman–Crippen LogP) is 8.36. The van der Waals surface area contributed by atoms with Gasteiger partial charge in [0, 0.05) is 29.5 Å². The second kappa shape index (κ2) is 7.29. The number of fused-ring (bicyclic) bond motifs is 5. The van der Waals surface area contributed by atoms with Crippen molar-refractivity contribution >= 4 is 38.4 Å². The fourth-order valence-electron chi connectivity index (χ4n) is 5.77. The summed E-state index contributed by atoms with van der Waals surface area (Å²) in [7, 11) is 0. The van der Waals surface area contributed by atoms with Gasteiger partial charge in [-0.2, -0.15) is 0 Å². The van der Waals surface area contributed by atoms with Crippen molar-refractivity contribution in [1.29, 1.82) is 0 Å². The van der Waals surface area contributed by atoms with E-state index in [0.717, 1.165) is 24.3 Å². The number of nitrogens with zero attached hydrogens (tertiary/aromatic N) is 1. The Morgan fingerprint density at radius 2 is 0.903 bits per heavy atom. The summed E-state index contributed by atoms with van der Waals surface area (Å²) in [5.41, 5.74) is 15.7. The highest BCUT2D eigenvalue weighted by atomic mass is 16.3. The molecule has 0 aliphatic heterocycles.